The summed E-state index contributed by atoms with van der Waals surface area (Å²) in [5, 5.41) is 9.84. The van der Waals surface area contributed by atoms with Crippen LogP contribution in [0.5, 0.6) is 0 Å². The van der Waals surface area contributed by atoms with Gasteiger partial charge in [0.05, 0.1) is 0 Å². The van der Waals surface area contributed by atoms with Crippen molar-refractivity contribution < 1.29 is 14.3 Å². The molecule has 0 amide bonds. The van der Waals surface area contributed by atoms with Crippen LogP contribution in [-0.4, -0.2) is 16.7 Å². The van der Waals surface area contributed by atoms with Crippen LogP contribution in [0.3, 0.4) is 0 Å². The van der Waals surface area contributed by atoms with Crippen molar-refractivity contribution in [3.8, 4) is 0 Å². The van der Waals surface area contributed by atoms with E-state index in [0.29, 0.717) is 42.3 Å². The van der Waals surface area contributed by atoms with Gasteiger partial charge in [-0.05, 0) is 67.6 Å². The molecule has 4 rings (SSSR count). The minimum atomic E-state index is -1.94. The van der Waals surface area contributed by atoms with E-state index in [1.807, 2.05) is 0 Å². The molecule has 0 spiro atoms. The molecule has 7 atom stereocenters. The highest BCUT2D eigenvalue weighted by Crippen LogP contribution is 2.66. The van der Waals surface area contributed by atoms with E-state index >= 15 is 0 Å². The minimum Gasteiger partial charge on any atom is -0.362 e. The Hall–Kier alpha value is -0.440. The highest BCUT2D eigenvalue weighted by atomic mass is 19.2. The number of hydrogen-bond acceptors (Lipinski definition) is 2. The average Bonchev–Trinajstić information content (AvgIpc) is 2.76. The van der Waals surface area contributed by atoms with Crippen LogP contribution in [0, 0.1) is 34.5 Å². The number of fused-ring (bicyclic) bond motifs is 5. The van der Waals surface area contributed by atoms with Crippen molar-refractivity contribution in [2.45, 2.75) is 77.5 Å². The molecule has 0 radical (unpaired) electrons. The quantitative estimate of drug-likeness (QED) is 0.726. The van der Waals surface area contributed by atoms with Crippen LogP contribution in [0.4, 0.5) is 4.39 Å². The van der Waals surface area contributed by atoms with Crippen LogP contribution >= 0.6 is 0 Å². The molecule has 4 aliphatic carbocycles. The van der Waals surface area contributed by atoms with E-state index in [1.165, 1.54) is 0 Å². The zero-order valence-corrected chi connectivity index (χ0v) is 13.9. The summed E-state index contributed by atoms with van der Waals surface area (Å²) in [6.45, 7) is 4.56. The third-order valence-corrected chi connectivity index (χ3v) is 8.38. The van der Waals surface area contributed by atoms with Gasteiger partial charge in [-0.1, -0.05) is 13.8 Å². The average molecular weight is 308 g/mol. The second-order valence-corrected chi connectivity index (χ2v) is 9.20. The molecule has 0 saturated heterocycles. The summed E-state index contributed by atoms with van der Waals surface area (Å²) in [7, 11) is 0. The van der Waals surface area contributed by atoms with Gasteiger partial charge in [0.2, 0.25) is 5.85 Å². The van der Waals surface area contributed by atoms with Crippen molar-refractivity contribution in [1.82, 2.24) is 0 Å². The molecule has 124 valence electrons. The third-order valence-electron chi connectivity index (χ3n) is 8.38. The molecule has 4 saturated carbocycles. The van der Waals surface area contributed by atoms with Gasteiger partial charge in [-0.2, -0.15) is 0 Å². The predicted octanol–water partition coefficient (Wildman–Crippen LogP) is 4.26. The van der Waals surface area contributed by atoms with Crippen molar-refractivity contribution in [3.63, 3.8) is 0 Å². The summed E-state index contributed by atoms with van der Waals surface area (Å²) in [5.74, 6) is 0.707. The monoisotopic (exact) mass is 308 g/mol. The third kappa shape index (κ3) is 1.90. The van der Waals surface area contributed by atoms with Crippen molar-refractivity contribution in [1.29, 1.82) is 0 Å². The fourth-order valence-electron chi connectivity index (χ4n) is 6.97. The molecule has 0 aromatic heterocycles. The first-order chi connectivity index (χ1) is 10.3. The molecule has 0 aliphatic heterocycles. The number of hydrogen-bond donors (Lipinski definition) is 1. The molecule has 0 bridgehead atoms. The van der Waals surface area contributed by atoms with Gasteiger partial charge in [0.25, 0.3) is 0 Å². The van der Waals surface area contributed by atoms with E-state index in [-0.39, 0.29) is 10.8 Å². The van der Waals surface area contributed by atoms with Crippen LogP contribution in [0.25, 0.3) is 0 Å². The van der Waals surface area contributed by atoms with Crippen LogP contribution in [0.2, 0.25) is 0 Å². The zero-order valence-electron chi connectivity index (χ0n) is 13.9. The number of ketones is 1. The van der Waals surface area contributed by atoms with E-state index in [2.05, 4.69) is 13.8 Å². The van der Waals surface area contributed by atoms with Crippen molar-refractivity contribution in [2.24, 2.45) is 34.5 Å². The first-order valence-corrected chi connectivity index (χ1v) is 9.21. The van der Waals surface area contributed by atoms with E-state index in [4.69, 9.17) is 0 Å². The smallest absolute Gasteiger partial charge is 0.207 e. The number of Topliss-reactive ketones (excluding diaryl/α,β-unsaturated/α-hetero) is 1. The molecular weight excluding hydrogens is 279 g/mol. The standard InChI is InChI=1S/C19H29FO2/c1-17-9-10-19(20,22)11-12(17)3-4-13-14-5-6-16(21)18(14,2)8-7-15(13)17/h12-15,22H,3-11H2,1-2H3/t12-,13-,14-,15-,17-,18-,19-/m0/s1. The summed E-state index contributed by atoms with van der Waals surface area (Å²) in [5.41, 5.74) is 0.105. The maximum absolute atomic E-state index is 14.1. The number of rotatable bonds is 0. The minimum absolute atomic E-state index is 0.0696. The first kappa shape index (κ1) is 15.1. The van der Waals surface area contributed by atoms with Crippen molar-refractivity contribution >= 4 is 5.78 Å². The maximum atomic E-state index is 14.1. The number of halogens is 1. The SMILES string of the molecule is C[C@]12CC[C@@](O)(F)C[C@@H]1CC[C@@H]1[C@@H]2CC[C@]2(C)C(=O)CC[C@@H]12. The van der Waals surface area contributed by atoms with Gasteiger partial charge >= 0.3 is 0 Å². The van der Waals surface area contributed by atoms with Crippen LogP contribution in [0.1, 0.15) is 71.6 Å². The van der Waals surface area contributed by atoms with Gasteiger partial charge in [0.15, 0.2) is 0 Å². The Kier molecular flexibility index (Phi) is 3.13. The van der Waals surface area contributed by atoms with Crippen LogP contribution < -0.4 is 0 Å². The highest BCUT2D eigenvalue weighted by Gasteiger charge is 2.61. The molecular formula is C19H29FO2. The van der Waals surface area contributed by atoms with Crippen molar-refractivity contribution in [3.05, 3.63) is 0 Å². The second kappa shape index (κ2) is 4.55. The van der Waals surface area contributed by atoms with Crippen LogP contribution in [-0.2, 0) is 4.79 Å². The van der Waals surface area contributed by atoms with Gasteiger partial charge in [-0.25, -0.2) is 4.39 Å². The van der Waals surface area contributed by atoms with E-state index < -0.39 is 5.85 Å². The predicted molar refractivity (Wildman–Crippen MR) is 82.8 cm³/mol. The molecule has 0 aromatic rings. The number of aliphatic hydroxyl groups is 1. The molecule has 0 heterocycles. The molecule has 22 heavy (non-hydrogen) atoms. The molecule has 3 heteroatoms. The molecule has 0 unspecified atom stereocenters. The normalized spacial score (nSPS) is 57.9. The van der Waals surface area contributed by atoms with Gasteiger partial charge in [-0.3, -0.25) is 4.79 Å². The Balaban J connectivity index is 1.63. The summed E-state index contributed by atoms with van der Waals surface area (Å²) in [4.78, 5) is 12.4. The summed E-state index contributed by atoms with van der Waals surface area (Å²) in [6.07, 6.45) is 7.60. The number of carbonyl (C=O) groups excluding carboxylic acids is 1. The molecule has 1 N–H and O–H groups in total. The second-order valence-electron chi connectivity index (χ2n) is 9.20. The number of carbonyl (C=O) groups is 1. The first-order valence-electron chi connectivity index (χ1n) is 9.21. The van der Waals surface area contributed by atoms with E-state index in [0.717, 1.165) is 44.9 Å². The maximum Gasteiger partial charge on any atom is 0.207 e. The Morgan fingerprint density at radius 2 is 1.82 bits per heavy atom. The van der Waals surface area contributed by atoms with Gasteiger partial charge < -0.3 is 5.11 Å². The lowest BCUT2D eigenvalue weighted by atomic mass is 9.45. The topological polar surface area (TPSA) is 37.3 Å². The molecule has 0 aromatic carbocycles. The molecule has 4 aliphatic rings. The Labute approximate surface area is 132 Å². The van der Waals surface area contributed by atoms with Crippen molar-refractivity contribution in [2.75, 3.05) is 0 Å². The largest absolute Gasteiger partial charge is 0.362 e. The summed E-state index contributed by atoms with van der Waals surface area (Å²) in [6, 6.07) is 0. The fourth-order valence-corrected chi connectivity index (χ4v) is 6.97. The van der Waals surface area contributed by atoms with Crippen LogP contribution in [0.15, 0.2) is 0 Å². The van der Waals surface area contributed by atoms with E-state index in [9.17, 15) is 14.3 Å². The molecule has 2 nitrogen and oxygen atoms in total. The fraction of sp³-hybridized carbons (Fsp3) is 0.947. The number of alkyl halides is 1. The Bertz CT molecular complexity index is 502. The summed E-state index contributed by atoms with van der Waals surface area (Å²) >= 11 is 0. The van der Waals surface area contributed by atoms with Gasteiger partial charge in [0, 0.05) is 24.7 Å². The Morgan fingerprint density at radius 3 is 2.59 bits per heavy atom. The lowest BCUT2D eigenvalue weighted by molar-refractivity contribution is -0.192. The van der Waals surface area contributed by atoms with E-state index in [1.54, 1.807) is 0 Å². The lowest BCUT2D eigenvalue weighted by Crippen LogP contribution is -2.55. The highest BCUT2D eigenvalue weighted by molar-refractivity contribution is 5.87. The zero-order chi connectivity index (χ0) is 15.8. The Morgan fingerprint density at radius 1 is 1.05 bits per heavy atom. The molecule has 4 fully saturated rings. The van der Waals surface area contributed by atoms with Gasteiger partial charge in [-0.15, -0.1) is 0 Å². The lowest BCUT2D eigenvalue weighted by Gasteiger charge is -2.60. The van der Waals surface area contributed by atoms with Gasteiger partial charge in [0.1, 0.15) is 5.78 Å². The summed E-state index contributed by atoms with van der Waals surface area (Å²) < 4.78 is 14.1.